The molecular formula is C18H14N2O4S. The molecule has 1 amide bonds. The summed E-state index contributed by atoms with van der Waals surface area (Å²) in [5.41, 5.74) is 3.19. The first kappa shape index (κ1) is 16.7. The Hall–Kier alpha value is -3.19. The quantitative estimate of drug-likeness (QED) is 0.705. The molecule has 1 heterocycles. The number of thiazole rings is 1. The number of nitrogens with one attached hydrogen (secondary N) is 1. The van der Waals surface area contributed by atoms with Crippen LogP contribution in [0, 0.1) is 0 Å². The minimum Gasteiger partial charge on any atom is -0.487 e. The second-order valence-electron chi connectivity index (χ2n) is 5.10. The Labute approximate surface area is 147 Å². The summed E-state index contributed by atoms with van der Waals surface area (Å²) in [6.07, 6.45) is 0. The molecule has 6 nitrogen and oxygen atoms in total. The number of ether oxygens (including phenoxy) is 1. The average molecular weight is 354 g/mol. The summed E-state index contributed by atoms with van der Waals surface area (Å²) in [5.74, 6) is -0.976. The molecule has 2 N–H and O–H groups in total. The van der Waals surface area contributed by atoms with Gasteiger partial charge in [-0.2, -0.15) is 0 Å². The van der Waals surface area contributed by atoms with Crippen molar-refractivity contribution in [1.29, 1.82) is 0 Å². The molecule has 0 aliphatic heterocycles. The van der Waals surface area contributed by atoms with Gasteiger partial charge in [0.1, 0.15) is 12.4 Å². The number of carbonyl (C=O) groups is 2. The zero-order valence-corrected chi connectivity index (χ0v) is 13.8. The number of carbonyl (C=O) groups excluding carboxylic acids is 1. The van der Waals surface area contributed by atoms with Crippen molar-refractivity contribution >= 4 is 28.9 Å². The molecule has 0 spiro atoms. The minimum absolute atomic E-state index is 0.0341. The highest BCUT2D eigenvalue weighted by molar-refractivity contribution is 7.07. The first-order chi connectivity index (χ1) is 12.1. The van der Waals surface area contributed by atoms with E-state index in [-0.39, 0.29) is 11.3 Å². The highest BCUT2D eigenvalue weighted by Gasteiger charge is 2.13. The molecule has 0 unspecified atom stereocenters. The molecule has 0 radical (unpaired) electrons. The van der Waals surface area contributed by atoms with Crippen molar-refractivity contribution in [1.82, 2.24) is 4.98 Å². The Morgan fingerprint density at radius 2 is 2.00 bits per heavy atom. The lowest BCUT2D eigenvalue weighted by Gasteiger charge is -2.10. The molecule has 25 heavy (non-hydrogen) atoms. The van der Waals surface area contributed by atoms with E-state index >= 15 is 0 Å². The molecule has 7 heteroatoms. The molecule has 0 saturated heterocycles. The van der Waals surface area contributed by atoms with E-state index < -0.39 is 11.9 Å². The number of aromatic nitrogens is 1. The fourth-order valence-corrected chi connectivity index (χ4v) is 2.71. The van der Waals surface area contributed by atoms with Crippen LogP contribution in [0.15, 0.2) is 59.4 Å². The summed E-state index contributed by atoms with van der Waals surface area (Å²) in [6.45, 7) is 0.316. The first-order valence-corrected chi connectivity index (χ1v) is 8.31. The molecule has 3 aromatic rings. The molecule has 0 saturated carbocycles. The van der Waals surface area contributed by atoms with Crippen LogP contribution in [0.3, 0.4) is 0 Å². The van der Waals surface area contributed by atoms with Gasteiger partial charge < -0.3 is 15.2 Å². The normalized spacial score (nSPS) is 10.2. The van der Waals surface area contributed by atoms with Crippen LogP contribution in [-0.2, 0) is 6.61 Å². The monoisotopic (exact) mass is 354 g/mol. The number of para-hydroxylation sites is 1. The average Bonchev–Trinajstić information content (AvgIpc) is 3.14. The minimum atomic E-state index is -1.10. The molecule has 0 bridgehead atoms. The van der Waals surface area contributed by atoms with E-state index in [9.17, 15) is 14.7 Å². The van der Waals surface area contributed by atoms with Gasteiger partial charge in [0.2, 0.25) is 0 Å². The summed E-state index contributed by atoms with van der Waals surface area (Å²) < 4.78 is 5.62. The number of aromatic carboxylic acids is 1. The van der Waals surface area contributed by atoms with Crippen LogP contribution in [0.25, 0.3) is 0 Å². The van der Waals surface area contributed by atoms with E-state index in [2.05, 4.69) is 10.3 Å². The number of nitrogens with zero attached hydrogens (tertiary/aromatic N) is 1. The fraction of sp³-hybridized carbons (Fsp3) is 0.0556. The zero-order valence-electron chi connectivity index (χ0n) is 13.0. The van der Waals surface area contributed by atoms with Crippen LogP contribution < -0.4 is 10.1 Å². The maximum Gasteiger partial charge on any atom is 0.337 e. The van der Waals surface area contributed by atoms with Gasteiger partial charge in [0.25, 0.3) is 5.91 Å². The Bertz CT molecular complexity index is 894. The van der Waals surface area contributed by atoms with Crippen LogP contribution in [0.5, 0.6) is 5.75 Å². The molecule has 2 aromatic carbocycles. The summed E-state index contributed by atoms with van der Waals surface area (Å²) in [4.78, 5) is 27.7. The lowest BCUT2D eigenvalue weighted by Crippen LogP contribution is -2.14. The Morgan fingerprint density at radius 1 is 1.16 bits per heavy atom. The third-order valence-corrected chi connectivity index (χ3v) is 4.01. The SMILES string of the molecule is O=C(Nc1ccccc1C(=O)O)c1cccc(OCc2cscn2)c1. The molecule has 0 atom stereocenters. The molecule has 126 valence electrons. The lowest BCUT2D eigenvalue weighted by atomic mass is 10.1. The first-order valence-electron chi connectivity index (χ1n) is 7.37. The molecule has 0 aliphatic carbocycles. The molecule has 0 aliphatic rings. The van der Waals surface area contributed by atoms with Crippen LogP contribution in [0.1, 0.15) is 26.4 Å². The Balaban J connectivity index is 1.72. The smallest absolute Gasteiger partial charge is 0.337 e. The predicted molar refractivity (Wildman–Crippen MR) is 94.2 cm³/mol. The van der Waals surface area contributed by atoms with Crippen LogP contribution in [0.2, 0.25) is 0 Å². The van der Waals surface area contributed by atoms with Gasteiger partial charge in [-0.05, 0) is 30.3 Å². The maximum absolute atomic E-state index is 12.4. The van der Waals surface area contributed by atoms with Gasteiger partial charge in [0.05, 0.1) is 22.5 Å². The van der Waals surface area contributed by atoms with Crippen molar-refractivity contribution in [3.05, 3.63) is 76.2 Å². The number of carboxylic acid groups (broad SMARTS) is 1. The highest BCUT2D eigenvalue weighted by atomic mass is 32.1. The third kappa shape index (κ3) is 4.21. The van der Waals surface area contributed by atoms with Crippen molar-refractivity contribution in [3.63, 3.8) is 0 Å². The van der Waals surface area contributed by atoms with Crippen molar-refractivity contribution in [2.24, 2.45) is 0 Å². The Kier molecular flexibility index (Phi) is 5.06. The summed E-state index contributed by atoms with van der Waals surface area (Å²) in [5, 5.41) is 13.7. The number of benzene rings is 2. The van der Waals surface area contributed by atoms with Crippen LogP contribution in [0.4, 0.5) is 5.69 Å². The van der Waals surface area contributed by atoms with Crippen molar-refractivity contribution in [3.8, 4) is 5.75 Å². The van der Waals surface area contributed by atoms with Crippen LogP contribution in [-0.4, -0.2) is 22.0 Å². The van der Waals surface area contributed by atoms with Crippen LogP contribution >= 0.6 is 11.3 Å². The fourth-order valence-electron chi connectivity index (χ4n) is 2.17. The van der Waals surface area contributed by atoms with Gasteiger partial charge in [-0.1, -0.05) is 18.2 Å². The number of amides is 1. The van der Waals surface area contributed by atoms with E-state index in [4.69, 9.17) is 4.74 Å². The van der Waals surface area contributed by atoms with E-state index in [1.54, 1.807) is 48.0 Å². The number of hydrogen-bond donors (Lipinski definition) is 2. The number of anilines is 1. The van der Waals surface area contributed by atoms with Crippen molar-refractivity contribution in [2.45, 2.75) is 6.61 Å². The highest BCUT2D eigenvalue weighted by Crippen LogP contribution is 2.19. The van der Waals surface area contributed by atoms with E-state index in [1.807, 2.05) is 5.38 Å². The molecule has 0 fully saturated rings. The zero-order chi connectivity index (χ0) is 17.6. The van der Waals surface area contributed by atoms with Crippen molar-refractivity contribution in [2.75, 3.05) is 5.32 Å². The number of carboxylic acids is 1. The van der Waals surface area contributed by atoms with Gasteiger partial charge in [0, 0.05) is 10.9 Å². The van der Waals surface area contributed by atoms with Crippen molar-refractivity contribution < 1.29 is 19.4 Å². The molecule has 1 aromatic heterocycles. The summed E-state index contributed by atoms with van der Waals surface area (Å²) in [6, 6.07) is 12.9. The number of hydrogen-bond acceptors (Lipinski definition) is 5. The Morgan fingerprint density at radius 3 is 2.76 bits per heavy atom. The second kappa shape index (κ2) is 7.59. The third-order valence-electron chi connectivity index (χ3n) is 3.37. The summed E-state index contributed by atoms with van der Waals surface area (Å²) >= 11 is 1.48. The summed E-state index contributed by atoms with van der Waals surface area (Å²) in [7, 11) is 0. The standard InChI is InChI=1S/C18H14N2O4S/c21-17(20-16-7-2-1-6-15(16)18(22)23)12-4-3-5-14(8-12)24-9-13-10-25-11-19-13/h1-8,10-11H,9H2,(H,20,21)(H,22,23). The van der Waals surface area contributed by atoms with E-state index in [0.29, 0.717) is 17.9 Å². The van der Waals surface area contributed by atoms with E-state index in [0.717, 1.165) is 5.69 Å². The molecular weight excluding hydrogens is 340 g/mol. The van der Waals surface area contributed by atoms with Gasteiger partial charge in [0.15, 0.2) is 0 Å². The van der Waals surface area contributed by atoms with Gasteiger partial charge in [-0.3, -0.25) is 4.79 Å². The number of rotatable bonds is 6. The second-order valence-corrected chi connectivity index (χ2v) is 5.82. The topological polar surface area (TPSA) is 88.5 Å². The van der Waals surface area contributed by atoms with Gasteiger partial charge >= 0.3 is 5.97 Å². The van der Waals surface area contributed by atoms with Gasteiger partial charge in [-0.25, -0.2) is 9.78 Å². The molecule has 3 rings (SSSR count). The van der Waals surface area contributed by atoms with Gasteiger partial charge in [-0.15, -0.1) is 11.3 Å². The van der Waals surface area contributed by atoms with E-state index in [1.165, 1.54) is 17.4 Å². The predicted octanol–water partition coefficient (Wildman–Crippen LogP) is 3.67. The lowest BCUT2D eigenvalue weighted by molar-refractivity contribution is 0.0698. The largest absolute Gasteiger partial charge is 0.487 e. The maximum atomic E-state index is 12.4.